The van der Waals surface area contributed by atoms with Gasteiger partial charge in [0.15, 0.2) is 10.8 Å². The minimum atomic E-state index is -0.494. The third-order valence-corrected chi connectivity index (χ3v) is 4.31. The van der Waals surface area contributed by atoms with Crippen LogP contribution in [0.1, 0.15) is 32.6 Å². The van der Waals surface area contributed by atoms with E-state index in [4.69, 9.17) is 0 Å². The number of thiazole rings is 1. The van der Waals surface area contributed by atoms with Gasteiger partial charge in [-0.3, -0.25) is 10.1 Å². The van der Waals surface area contributed by atoms with E-state index in [2.05, 4.69) is 31.0 Å². The second-order valence-electron chi connectivity index (χ2n) is 4.10. The number of methoxy groups -OCH3 is 1. The van der Waals surface area contributed by atoms with Crippen LogP contribution in [0.5, 0.6) is 0 Å². The first-order valence-corrected chi connectivity index (χ1v) is 7.81. The Bertz CT molecular complexity index is 685. The molecule has 0 bridgehead atoms. The summed E-state index contributed by atoms with van der Waals surface area (Å²) in [5.74, 6) is -0.768. The van der Waals surface area contributed by atoms with Crippen LogP contribution in [0.15, 0.2) is 28.7 Å². The Morgan fingerprint density at radius 3 is 2.81 bits per heavy atom. The summed E-state index contributed by atoms with van der Waals surface area (Å²) < 4.78 is 5.50. The number of esters is 1. The average molecular weight is 369 g/mol. The molecule has 110 valence electrons. The van der Waals surface area contributed by atoms with Gasteiger partial charge >= 0.3 is 5.97 Å². The van der Waals surface area contributed by atoms with E-state index in [0.717, 1.165) is 9.35 Å². The predicted molar refractivity (Wildman–Crippen MR) is 84.9 cm³/mol. The predicted octanol–water partition coefficient (Wildman–Crippen LogP) is 3.51. The second kappa shape index (κ2) is 6.82. The van der Waals surface area contributed by atoms with Gasteiger partial charge < -0.3 is 4.74 Å². The van der Waals surface area contributed by atoms with Crippen molar-refractivity contribution in [3.05, 3.63) is 44.9 Å². The van der Waals surface area contributed by atoms with Crippen LogP contribution in [-0.2, 0) is 11.2 Å². The summed E-state index contributed by atoms with van der Waals surface area (Å²) in [7, 11) is 1.31. The van der Waals surface area contributed by atoms with E-state index in [1.165, 1.54) is 18.4 Å². The van der Waals surface area contributed by atoms with Crippen molar-refractivity contribution in [2.45, 2.75) is 13.3 Å². The average Bonchev–Trinajstić information content (AvgIpc) is 2.89. The molecule has 0 unspecified atom stereocenters. The minimum absolute atomic E-state index is 0.259. The Morgan fingerprint density at radius 1 is 1.43 bits per heavy atom. The lowest BCUT2D eigenvalue weighted by molar-refractivity contribution is 0.0593. The highest BCUT2D eigenvalue weighted by molar-refractivity contribution is 9.10. The number of amides is 1. The smallest absolute Gasteiger partial charge is 0.357 e. The summed E-state index contributed by atoms with van der Waals surface area (Å²) in [5.41, 5.74) is 0.770. The fourth-order valence-electron chi connectivity index (χ4n) is 1.70. The highest BCUT2D eigenvalue weighted by atomic mass is 79.9. The van der Waals surface area contributed by atoms with Crippen LogP contribution in [0.2, 0.25) is 0 Å². The van der Waals surface area contributed by atoms with Crippen LogP contribution in [0.25, 0.3) is 0 Å². The Morgan fingerprint density at radius 2 is 2.19 bits per heavy atom. The first-order valence-electron chi connectivity index (χ1n) is 6.20. The van der Waals surface area contributed by atoms with Crippen LogP contribution >= 0.6 is 27.3 Å². The molecule has 1 aromatic carbocycles. The fraction of sp³-hybridized carbons (Fsp3) is 0.214. The first kappa shape index (κ1) is 15.7. The summed E-state index contributed by atoms with van der Waals surface area (Å²) in [6, 6.07) is 7.03. The molecular weight excluding hydrogens is 356 g/mol. The van der Waals surface area contributed by atoms with Crippen LogP contribution in [0.3, 0.4) is 0 Å². The maximum Gasteiger partial charge on any atom is 0.357 e. The molecule has 0 atom stereocenters. The second-order valence-corrected chi connectivity index (χ2v) is 6.10. The van der Waals surface area contributed by atoms with Crippen LogP contribution in [0, 0.1) is 0 Å². The zero-order valence-electron chi connectivity index (χ0n) is 11.5. The number of carbonyl (C=O) groups excluding carboxylic acids is 2. The van der Waals surface area contributed by atoms with Gasteiger partial charge in [0.25, 0.3) is 5.91 Å². The molecular formula is C14H13BrN2O3S. The van der Waals surface area contributed by atoms with E-state index in [1.807, 2.05) is 13.0 Å². The van der Waals surface area contributed by atoms with Gasteiger partial charge in [0.1, 0.15) is 0 Å². The number of aromatic nitrogens is 1. The molecule has 2 aromatic rings. The van der Waals surface area contributed by atoms with Gasteiger partial charge in [0.2, 0.25) is 0 Å². The van der Waals surface area contributed by atoms with Crippen molar-refractivity contribution in [1.82, 2.24) is 4.98 Å². The normalized spacial score (nSPS) is 10.2. The lowest BCUT2D eigenvalue weighted by Crippen LogP contribution is -2.12. The number of benzene rings is 1. The van der Waals surface area contributed by atoms with Crippen LogP contribution < -0.4 is 5.32 Å². The summed E-state index contributed by atoms with van der Waals surface area (Å²) in [6.45, 7) is 1.92. The zero-order chi connectivity index (χ0) is 15.4. The quantitative estimate of drug-likeness (QED) is 0.838. The van der Waals surface area contributed by atoms with E-state index in [-0.39, 0.29) is 11.6 Å². The maximum absolute atomic E-state index is 12.1. The number of hydrogen-bond donors (Lipinski definition) is 1. The molecule has 7 heteroatoms. The molecule has 0 radical (unpaired) electrons. The third kappa shape index (κ3) is 3.68. The van der Waals surface area contributed by atoms with Crippen molar-refractivity contribution in [2.24, 2.45) is 0 Å². The van der Waals surface area contributed by atoms with Crippen LogP contribution in [-0.4, -0.2) is 24.0 Å². The monoisotopic (exact) mass is 368 g/mol. The maximum atomic E-state index is 12.1. The number of ether oxygens (including phenoxy) is 1. The molecule has 0 aliphatic rings. The molecule has 0 fully saturated rings. The minimum Gasteiger partial charge on any atom is -0.464 e. The molecule has 0 saturated heterocycles. The number of nitrogens with one attached hydrogen (secondary N) is 1. The number of nitrogens with zero attached hydrogens (tertiary/aromatic N) is 1. The molecule has 21 heavy (non-hydrogen) atoms. The standard InChI is InChI=1S/C14H13BrN2O3S/c1-3-10-11(13(19)20-2)16-14(21-10)17-12(18)8-5-4-6-9(15)7-8/h4-7H,3H2,1-2H3,(H,16,17,18). The third-order valence-electron chi connectivity index (χ3n) is 2.70. The molecule has 0 saturated carbocycles. The Labute approximate surface area is 134 Å². The summed E-state index contributed by atoms with van der Waals surface area (Å²) in [5, 5.41) is 3.09. The topological polar surface area (TPSA) is 68.3 Å². The molecule has 2 rings (SSSR count). The number of halogens is 1. The van der Waals surface area contributed by atoms with Crippen molar-refractivity contribution in [1.29, 1.82) is 0 Å². The molecule has 1 heterocycles. The van der Waals surface area contributed by atoms with E-state index >= 15 is 0 Å². The fourth-order valence-corrected chi connectivity index (χ4v) is 2.98. The van der Waals surface area contributed by atoms with Gasteiger partial charge in [-0.25, -0.2) is 9.78 Å². The molecule has 1 N–H and O–H groups in total. The Hall–Kier alpha value is -1.73. The molecule has 5 nitrogen and oxygen atoms in total. The number of rotatable bonds is 4. The van der Waals surface area contributed by atoms with Crippen molar-refractivity contribution >= 4 is 44.3 Å². The number of aryl methyl sites for hydroxylation is 1. The molecule has 0 spiro atoms. The van der Waals surface area contributed by atoms with Crippen molar-refractivity contribution in [3.63, 3.8) is 0 Å². The number of carbonyl (C=O) groups is 2. The molecule has 0 aliphatic carbocycles. The van der Waals surface area contributed by atoms with Gasteiger partial charge in [-0.2, -0.15) is 0 Å². The van der Waals surface area contributed by atoms with E-state index in [0.29, 0.717) is 17.1 Å². The van der Waals surface area contributed by atoms with Gasteiger partial charge in [-0.15, -0.1) is 11.3 Å². The van der Waals surface area contributed by atoms with E-state index in [9.17, 15) is 9.59 Å². The van der Waals surface area contributed by atoms with Gasteiger partial charge in [0, 0.05) is 14.9 Å². The van der Waals surface area contributed by atoms with Crippen molar-refractivity contribution in [2.75, 3.05) is 12.4 Å². The summed E-state index contributed by atoms with van der Waals surface area (Å²) in [6.07, 6.45) is 0.648. The largest absolute Gasteiger partial charge is 0.464 e. The highest BCUT2D eigenvalue weighted by Crippen LogP contribution is 2.25. The lowest BCUT2D eigenvalue weighted by atomic mass is 10.2. The first-order chi connectivity index (χ1) is 10.0. The lowest BCUT2D eigenvalue weighted by Gasteiger charge is -2.01. The van der Waals surface area contributed by atoms with Gasteiger partial charge in [-0.05, 0) is 24.6 Å². The van der Waals surface area contributed by atoms with Gasteiger partial charge in [-0.1, -0.05) is 28.9 Å². The summed E-state index contributed by atoms with van der Waals surface area (Å²) in [4.78, 5) is 28.7. The molecule has 1 aromatic heterocycles. The number of anilines is 1. The molecule has 1 amide bonds. The molecule has 0 aliphatic heterocycles. The van der Waals surface area contributed by atoms with Crippen molar-refractivity contribution < 1.29 is 14.3 Å². The SMILES string of the molecule is CCc1sc(NC(=O)c2cccc(Br)c2)nc1C(=O)OC. The Kier molecular flexibility index (Phi) is 5.08. The Balaban J connectivity index is 2.22. The van der Waals surface area contributed by atoms with Gasteiger partial charge in [0.05, 0.1) is 7.11 Å². The van der Waals surface area contributed by atoms with E-state index < -0.39 is 5.97 Å². The highest BCUT2D eigenvalue weighted by Gasteiger charge is 2.19. The van der Waals surface area contributed by atoms with Crippen molar-refractivity contribution in [3.8, 4) is 0 Å². The van der Waals surface area contributed by atoms with E-state index in [1.54, 1.807) is 18.2 Å². The summed E-state index contributed by atoms with van der Waals surface area (Å²) >= 11 is 4.59. The zero-order valence-corrected chi connectivity index (χ0v) is 13.9. The van der Waals surface area contributed by atoms with Crippen LogP contribution in [0.4, 0.5) is 5.13 Å². The number of hydrogen-bond acceptors (Lipinski definition) is 5.